The molecule has 0 spiro atoms. The number of nitrogens with one attached hydrogen (secondary N) is 1. The van der Waals surface area contributed by atoms with Gasteiger partial charge in [0.2, 0.25) is 10.0 Å². The van der Waals surface area contributed by atoms with Crippen LogP contribution in [-0.4, -0.2) is 38.5 Å². The second-order valence-corrected chi connectivity index (χ2v) is 8.56. The van der Waals surface area contributed by atoms with E-state index in [2.05, 4.69) is 5.32 Å². The minimum Gasteiger partial charge on any atom is -0.387 e. The normalized spacial score (nSPS) is 14.5. The van der Waals surface area contributed by atoms with Crippen LogP contribution in [0.25, 0.3) is 0 Å². The molecule has 0 aliphatic rings. The van der Waals surface area contributed by atoms with Gasteiger partial charge < -0.3 is 10.4 Å². The molecular formula is C19H26N2O3S. The molecule has 0 aromatic heterocycles. The van der Waals surface area contributed by atoms with E-state index in [1.807, 2.05) is 38.1 Å². The maximum Gasteiger partial charge on any atom is 0.242 e. The first-order valence-corrected chi connectivity index (χ1v) is 9.66. The van der Waals surface area contributed by atoms with Crippen molar-refractivity contribution in [3.8, 4) is 0 Å². The van der Waals surface area contributed by atoms with Gasteiger partial charge in [-0.1, -0.05) is 42.0 Å². The second kappa shape index (κ2) is 8.10. The predicted octanol–water partition coefficient (Wildman–Crippen LogP) is 2.63. The molecule has 0 unspecified atom stereocenters. The summed E-state index contributed by atoms with van der Waals surface area (Å²) in [5.74, 6) is 0. The van der Waals surface area contributed by atoms with Crippen LogP contribution in [0.2, 0.25) is 0 Å². The number of benzene rings is 2. The number of sulfonamides is 1. The fraction of sp³-hybridized carbons (Fsp3) is 0.368. The monoisotopic (exact) mass is 362 g/mol. The van der Waals surface area contributed by atoms with E-state index in [-0.39, 0.29) is 10.9 Å². The molecule has 2 rings (SSSR count). The fourth-order valence-corrected chi connectivity index (χ4v) is 3.35. The first-order chi connectivity index (χ1) is 11.7. The molecule has 0 radical (unpaired) electrons. The van der Waals surface area contributed by atoms with Crippen molar-refractivity contribution in [1.82, 2.24) is 9.62 Å². The Hall–Kier alpha value is -1.73. The lowest BCUT2D eigenvalue weighted by Gasteiger charge is -2.18. The lowest BCUT2D eigenvalue weighted by atomic mass is 10.1. The van der Waals surface area contributed by atoms with Gasteiger partial charge in [-0.2, -0.15) is 0 Å². The topological polar surface area (TPSA) is 69.6 Å². The molecule has 136 valence electrons. The van der Waals surface area contributed by atoms with Gasteiger partial charge in [0, 0.05) is 26.7 Å². The Kier molecular flexibility index (Phi) is 6.35. The zero-order valence-corrected chi connectivity index (χ0v) is 15.9. The molecule has 5 nitrogen and oxygen atoms in total. The van der Waals surface area contributed by atoms with Crippen molar-refractivity contribution in [2.24, 2.45) is 0 Å². The number of hydrogen-bond acceptors (Lipinski definition) is 4. The van der Waals surface area contributed by atoms with Gasteiger partial charge in [-0.05, 0) is 37.1 Å². The van der Waals surface area contributed by atoms with Crippen LogP contribution in [0, 0.1) is 6.92 Å². The summed E-state index contributed by atoms with van der Waals surface area (Å²) in [7, 11) is -0.384. The van der Waals surface area contributed by atoms with Gasteiger partial charge in [0.25, 0.3) is 0 Å². The molecule has 0 bridgehead atoms. The smallest absolute Gasteiger partial charge is 0.242 e. The minimum absolute atomic E-state index is 0.00351. The van der Waals surface area contributed by atoms with E-state index in [4.69, 9.17) is 0 Å². The fourth-order valence-electron chi connectivity index (χ4n) is 2.45. The van der Waals surface area contributed by atoms with E-state index < -0.39 is 16.1 Å². The Morgan fingerprint density at radius 3 is 2.04 bits per heavy atom. The molecule has 0 aliphatic heterocycles. The standard InChI is InChI=1S/C19H26N2O3S/c1-14-5-7-17(8-6-14)19(22)13-20-15(2)16-9-11-18(12-10-16)25(23,24)21(3)4/h5-12,15,19-20,22H,13H2,1-4H3/t15-,19+/m0/s1. The molecule has 0 heterocycles. The third kappa shape index (κ3) is 4.89. The number of aryl methyl sites for hydroxylation is 1. The van der Waals surface area contributed by atoms with E-state index in [0.29, 0.717) is 6.54 Å². The highest BCUT2D eigenvalue weighted by molar-refractivity contribution is 7.89. The van der Waals surface area contributed by atoms with Gasteiger partial charge in [-0.25, -0.2) is 12.7 Å². The summed E-state index contributed by atoms with van der Waals surface area (Å²) < 4.78 is 25.4. The van der Waals surface area contributed by atoms with E-state index in [1.165, 1.54) is 18.4 Å². The average Bonchev–Trinajstić information content (AvgIpc) is 2.60. The highest BCUT2D eigenvalue weighted by Gasteiger charge is 2.17. The maximum absolute atomic E-state index is 12.1. The number of aliphatic hydroxyl groups excluding tert-OH is 1. The molecule has 0 fully saturated rings. The van der Waals surface area contributed by atoms with Crippen LogP contribution < -0.4 is 5.32 Å². The third-order valence-electron chi connectivity index (χ3n) is 4.24. The third-order valence-corrected chi connectivity index (χ3v) is 6.07. The highest BCUT2D eigenvalue weighted by atomic mass is 32.2. The van der Waals surface area contributed by atoms with Gasteiger partial charge in [0.15, 0.2) is 0 Å². The van der Waals surface area contributed by atoms with Gasteiger partial charge in [0.05, 0.1) is 11.0 Å². The number of hydrogen-bond donors (Lipinski definition) is 2. The molecule has 2 aromatic rings. The highest BCUT2D eigenvalue weighted by Crippen LogP contribution is 2.19. The minimum atomic E-state index is -3.41. The van der Waals surface area contributed by atoms with Crippen molar-refractivity contribution in [3.63, 3.8) is 0 Å². The van der Waals surface area contributed by atoms with Crippen molar-refractivity contribution in [1.29, 1.82) is 0 Å². The van der Waals surface area contributed by atoms with Crippen LogP contribution in [0.15, 0.2) is 53.4 Å². The van der Waals surface area contributed by atoms with Crippen LogP contribution in [0.1, 0.15) is 35.8 Å². The van der Waals surface area contributed by atoms with Gasteiger partial charge in [0.1, 0.15) is 0 Å². The first kappa shape index (κ1) is 19.6. The molecule has 25 heavy (non-hydrogen) atoms. The van der Waals surface area contributed by atoms with Crippen LogP contribution in [0.4, 0.5) is 0 Å². The van der Waals surface area contributed by atoms with Gasteiger partial charge in [-0.3, -0.25) is 0 Å². The summed E-state index contributed by atoms with van der Waals surface area (Å²) in [6.07, 6.45) is -0.587. The van der Waals surface area contributed by atoms with Crippen LogP contribution in [0.5, 0.6) is 0 Å². The summed E-state index contributed by atoms with van der Waals surface area (Å²) in [5.41, 5.74) is 3.00. The molecule has 0 saturated heterocycles. The largest absolute Gasteiger partial charge is 0.387 e. The quantitative estimate of drug-likeness (QED) is 0.794. The van der Waals surface area contributed by atoms with Crippen molar-refractivity contribution >= 4 is 10.0 Å². The Morgan fingerprint density at radius 1 is 1.00 bits per heavy atom. The van der Waals surface area contributed by atoms with E-state index >= 15 is 0 Å². The van der Waals surface area contributed by atoms with Crippen molar-refractivity contribution < 1.29 is 13.5 Å². The Morgan fingerprint density at radius 2 is 1.52 bits per heavy atom. The summed E-state index contributed by atoms with van der Waals surface area (Å²) in [6, 6.07) is 14.6. The molecule has 0 aliphatic carbocycles. The van der Waals surface area contributed by atoms with E-state index in [1.54, 1.807) is 24.3 Å². The lowest BCUT2D eigenvalue weighted by molar-refractivity contribution is 0.171. The van der Waals surface area contributed by atoms with E-state index in [0.717, 1.165) is 16.7 Å². The SMILES string of the molecule is Cc1ccc([C@H](O)CN[C@@H](C)c2ccc(S(=O)(=O)N(C)C)cc2)cc1. The number of nitrogens with zero attached hydrogens (tertiary/aromatic N) is 1. The Balaban J connectivity index is 1.99. The zero-order chi connectivity index (χ0) is 18.6. The Bertz CT molecular complexity index is 784. The summed E-state index contributed by atoms with van der Waals surface area (Å²) >= 11 is 0. The molecule has 2 N–H and O–H groups in total. The van der Waals surface area contributed by atoms with Crippen molar-refractivity contribution in [2.45, 2.75) is 30.9 Å². The predicted molar refractivity (Wildman–Crippen MR) is 99.9 cm³/mol. The Labute approximate surface area is 150 Å². The summed E-state index contributed by atoms with van der Waals surface area (Å²) in [6.45, 7) is 4.41. The molecular weight excluding hydrogens is 336 g/mol. The molecule has 2 atom stereocenters. The molecule has 0 saturated carbocycles. The maximum atomic E-state index is 12.1. The first-order valence-electron chi connectivity index (χ1n) is 8.22. The van der Waals surface area contributed by atoms with Crippen LogP contribution >= 0.6 is 0 Å². The average molecular weight is 362 g/mol. The zero-order valence-electron chi connectivity index (χ0n) is 15.1. The summed E-state index contributed by atoms with van der Waals surface area (Å²) in [4.78, 5) is 0.271. The summed E-state index contributed by atoms with van der Waals surface area (Å²) in [5, 5.41) is 13.6. The van der Waals surface area contributed by atoms with E-state index in [9.17, 15) is 13.5 Å². The van der Waals surface area contributed by atoms with Crippen molar-refractivity contribution in [3.05, 3.63) is 65.2 Å². The lowest BCUT2D eigenvalue weighted by Crippen LogP contribution is -2.25. The van der Waals surface area contributed by atoms with Crippen LogP contribution in [-0.2, 0) is 10.0 Å². The van der Waals surface area contributed by atoms with Gasteiger partial charge >= 0.3 is 0 Å². The van der Waals surface area contributed by atoms with Crippen LogP contribution in [0.3, 0.4) is 0 Å². The molecule has 0 amide bonds. The van der Waals surface area contributed by atoms with Gasteiger partial charge in [-0.15, -0.1) is 0 Å². The second-order valence-electron chi connectivity index (χ2n) is 6.41. The number of aliphatic hydroxyl groups is 1. The number of rotatable bonds is 7. The molecule has 6 heteroatoms. The van der Waals surface area contributed by atoms with Crippen molar-refractivity contribution in [2.75, 3.05) is 20.6 Å². The molecule has 2 aromatic carbocycles.